The van der Waals surface area contributed by atoms with Gasteiger partial charge in [-0.3, -0.25) is 0 Å². The average molecular weight is 353 g/mol. The van der Waals surface area contributed by atoms with Crippen molar-refractivity contribution in [3.63, 3.8) is 0 Å². The first kappa shape index (κ1) is 17.9. The Morgan fingerprint density at radius 1 is 1.29 bits per heavy atom. The maximum Gasteiger partial charge on any atom is 0.245 e. The van der Waals surface area contributed by atoms with Gasteiger partial charge >= 0.3 is 0 Å². The molecule has 2 aliphatic heterocycles. The molecule has 1 aromatic carbocycles. The van der Waals surface area contributed by atoms with Crippen molar-refractivity contribution in [3.8, 4) is 0 Å². The lowest BCUT2D eigenvalue weighted by molar-refractivity contribution is -0.262. The summed E-state index contributed by atoms with van der Waals surface area (Å²) in [5.74, 6) is 0. The number of methoxy groups -OCH3 is 1. The Morgan fingerprint density at radius 2 is 2.00 bits per heavy atom. The zero-order valence-corrected chi connectivity index (χ0v) is 15.5. The van der Waals surface area contributed by atoms with Crippen molar-refractivity contribution in [2.75, 3.05) is 13.7 Å². The Kier molecular flexibility index (Phi) is 5.02. The SMILES string of the molecule is CC[C@]12CCCN(S(=O)(=O)c3ccc(C)cc3)[C@H]1OC(OC)CC2. The molecule has 24 heavy (non-hydrogen) atoms. The van der Waals surface area contributed by atoms with Gasteiger partial charge in [0.2, 0.25) is 10.0 Å². The minimum absolute atomic E-state index is 0.106. The maximum absolute atomic E-state index is 13.2. The van der Waals surface area contributed by atoms with E-state index in [4.69, 9.17) is 9.47 Å². The molecule has 1 aromatic rings. The summed E-state index contributed by atoms with van der Waals surface area (Å²) in [6.45, 7) is 4.58. The van der Waals surface area contributed by atoms with Crippen LogP contribution in [-0.2, 0) is 19.5 Å². The van der Waals surface area contributed by atoms with Gasteiger partial charge in [-0.15, -0.1) is 0 Å². The number of aryl methyl sites for hydroxylation is 1. The van der Waals surface area contributed by atoms with E-state index >= 15 is 0 Å². The molecule has 5 nitrogen and oxygen atoms in total. The molecule has 3 atom stereocenters. The van der Waals surface area contributed by atoms with Crippen LogP contribution in [0.15, 0.2) is 29.2 Å². The third-order valence-corrected chi connectivity index (χ3v) is 7.45. The Morgan fingerprint density at radius 3 is 2.62 bits per heavy atom. The summed E-state index contributed by atoms with van der Waals surface area (Å²) < 4.78 is 39.5. The smallest absolute Gasteiger partial charge is 0.245 e. The van der Waals surface area contributed by atoms with Crippen LogP contribution in [0.1, 0.15) is 44.6 Å². The molecule has 0 bridgehead atoms. The summed E-state index contributed by atoms with van der Waals surface area (Å²) in [6, 6.07) is 7.04. The van der Waals surface area contributed by atoms with E-state index in [0.29, 0.717) is 11.4 Å². The van der Waals surface area contributed by atoms with Crippen molar-refractivity contribution < 1.29 is 17.9 Å². The van der Waals surface area contributed by atoms with Crippen LogP contribution in [-0.4, -0.2) is 38.9 Å². The van der Waals surface area contributed by atoms with Gasteiger partial charge in [-0.1, -0.05) is 24.6 Å². The van der Waals surface area contributed by atoms with Crippen LogP contribution < -0.4 is 0 Å². The highest BCUT2D eigenvalue weighted by Crippen LogP contribution is 2.48. The van der Waals surface area contributed by atoms with Crippen LogP contribution >= 0.6 is 0 Å². The van der Waals surface area contributed by atoms with Gasteiger partial charge in [-0.2, -0.15) is 4.31 Å². The van der Waals surface area contributed by atoms with E-state index in [2.05, 4.69) is 6.92 Å². The van der Waals surface area contributed by atoms with E-state index in [1.54, 1.807) is 23.5 Å². The van der Waals surface area contributed by atoms with E-state index in [1.807, 2.05) is 19.1 Å². The molecule has 3 rings (SSSR count). The molecule has 6 heteroatoms. The van der Waals surface area contributed by atoms with Crippen LogP contribution in [0.25, 0.3) is 0 Å². The molecule has 134 valence electrons. The lowest BCUT2D eigenvalue weighted by Gasteiger charge is -2.52. The third kappa shape index (κ3) is 3.01. The molecule has 0 radical (unpaired) electrons. The van der Waals surface area contributed by atoms with Crippen molar-refractivity contribution in [3.05, 3.63) is 29.8 Å². The molecule has 1 unspecified atom stereocenters. The average Bonchev–Trinajstić information content (AvgIpc) is 2.60. The molecule has 0 aromatic heterocycles. The zero-order chi connectivity index (χ0) is 17.4. The number of fused-ring (bicyclic) bond motifs is 1. The third-order valence-electron chi connectivity index (χ3n) is 5.59. The van der Waals surface area contributed by atoms with Gasteiger partial charge in [-0.25, -0.2) is 8.42 Å². The number of ether oxygens (including phenoxy) is 2. The molecular formula is C18H27NO4S. The highest BCUT2D eigenvalue weighted by Gasteiger charge is 2.51. The van der Waals surface area contributed by atoms with E-state index in [9.17, 15) is 8.42 Å². The largest absolute Gasteiger partial charge is 0.356 e. The Bertz CT molecular complexity index is 673. The molecule has 2 fully saturated rings. The van der Waals surface area contributed by atoms with Gasteiger partial charge in [-0.05, 0) is 51.2 Å². The first-order valence-corrected chi connectivity index (χ1v) is 10.1. The maximum atomic E-state index is 13.2. The van der Waals surface area contributed by atoms with Crippen LogP contribution in [0.4, 0.5) is 0 Å². The predicted molar refractivity (Wildman–Crippen MR) is 91.9 cm³/mol. The highest BCUT2D eigenvalue weighted by atomic mass is 32.2. The summed E-state index contributed by atoms with van der Waals surface area (Å²) in [6.07, 6.45) is 3.77. The fraction of sp³-hybridized carbons (Fsp3) is 0.667. The van der Waals surface area contributed by atoms with Gasteiger partial charge in [0, 0.05) is 19.1 Å². The van der Waals surface area contributed by atoms with Gasteiger partial charge in [0.25, 0.3) is 0 Å². The molecular weight excluding hydrogens is 326 g/mol. The summed E-state index contributed by atoms with van der Waals surface area (Å²) >= 11 is 0. The van der Waals surface area contributed by atoms with Gasteiger partial charge in [0.15, 0.2) is 6.29 Å². The molecule has 0 aliphatic carbocycles. The second kappa shape index (κ2) is 6.75. The minimum Gasteiger partial charge on any atom is -0.356 e. The van der Waals surface area contributed by atoms with E-state index in [0.717, 1.165) is 37.7 Å². The Labute approximate surface area is 145 Å². The Balaban J connectivity index is 1.97. The van der Waals surface area contributed by atoms with Gasteiger partial charge in [0.05, 0.1) is 4.90 Å². The van der Waals surface area contributed by atoms with Crippen LogP contribution in [0.3, 0.4) is 0 Å². The minimum atomic E-state index is -3.58. The predicted octanol–water partition coefficient (Wildman–Crippen LogP) is 3.28. The van der Waals surface area contributed by atoms with Crippen LogP contribution in [0.5, 0.6) is 0 Å². The second-order valence-electron chi connectivity index (χ2n) is 6.94. The standard InChI is InChI=1S/C18H27NO4S/c1-4-18-11-5-13-19(17(18)23-16(22-3)10-12-18)24(20,21)15-8-6-14(2)7-9-15/h6-9,16-17H,4-5,10-13H2,1-3H3/t16?,17-,18+/m0/s1. The summed E-state index contributed by atoms with van der Waals surface area (Å²) in [5.41, 5.74) is 0.939. The number of sulfonamides is 1. The van der Waals surface area contributed by atoms with Crippen LogP contribution in [0.2, 0.25) is 0 Å². The number of benzene rings is 1. The molecule has 2 saturated heterocycles. The molecule has 0 amide bonds. The molecule has 0 spiro atoms. The Hall–Kier alpha value is -0.950. The van der Waals surface area contributed by atoms with Crippen molar-refractivity contribution in [2.24, 2.45) is 5.41 Å². The van der Waals surface area contributed by atoms with Crippen molar-refractivity contribution in [2.45, 2.75) is 63.4 Å². The number of piperidine rings is 1. The van der Waals surface area contributed by atoms with Gasteiger partial charge < -0.3 is 9.47 Å². The highest BCUT2D eigenvalue weighted by molar-refractivity contribution is 7.89. The van der Waals surface area contributed by atoms with Crippen molar-refractivity contribution in [1.82, 2.24) is 4.31 Å². The number of hydrogen-bond acceptors (Lipinski definition) is 4. The van der Waals surface area contributed by atoms with Crippen LogP contribution in [0, 0.1) is 12.3 Å². The van der Waals surface area contributed by atoms with Crippen molar-refractivity contribution in [1.29, 1.82) is 0 Å². The fourth-order valence-corrected chi connectivity index (χ4v) is 5.65. The summed E-state index contributed by atoms with van der Waals surface area (Å²) in [5, 5.41) is 0. The van der Waals surface area contributed by atoms with E-state index in [-0.39, 0.29) is 11.7 Å². The summed E-state index contributed by atoms with van der Waals surface area (Å²) in [4.78, 5) is 0.336. The lowest BCUT2D eigenvalue weighted by atomic mass is 9.72. The first-order chi connectivity index (χ1) is 11.4. The molecule has 2 aliphatic rings. The summed E-state index contributed by atoms with van der Waals surface area (Å²) in [7, 11) is -1.96. The quantitative estimate of drug-likeness (QED) is 0.833. The first-order valence-electron chi connectivity index (χ1n) is 8.70. The second-order valence-corrected chi connectivity index (χ2v) is 8.83. The molecule has 2 heterocycles. The van der Waals surface area contributed by atoms with E-state index in [1.165, 1.54) is 0 Å². The lowest BCUT2D eigenvalue weighted by Crippen LogP contribution is -2.59. The van der Waals surface area contributed by atoms with Crippen molar-refractivity contribution >= 4 is 10.0 Å². The number of rotatable bonds is 4. The monoisotopic (exact) mass is 353 g/mol. The molecule has 0 saturated carbocycles. The normalized spacial score (nSPS) is 31.6. The zero-order valence-electron chi connectivity index (χ0n) is 14.7. The van der Waals surface area contributed by atoms with Gasteiger partial charge in [0.1, 0.15) is 6.23 Å². The number of hydrogen-bond donors (Lipinski definition) is 0. The molecule has 0 N–H and O–H groups in total. The topological polar surface area (TPSA) is 55.8 Å². The fourth-order valence-electron chi connectivity index (χ4n) is 4.00. The van der Waals surface area contributed by atoms with E-state index < -0.39 is 16.3 Å². The number of nitrogens with zero attached hydrogens (tertiary/aromatic N) is 1.